The third kappa shape index (κ3) is 3.71. The minimum Gasteiger partial charge on any atom is -0.497 e. The quantitative estimate of drug-likeness (QED) is 0.595. The van der Waals surface area contributed by atoms with Crippen molar-refractivity contribution in [2.75, 3.05) is 7.11 Å². The van der Waals surface area contributed by atoms with E-state index in [4.69, 9.17) is 20.6 Å². The Morgan fingerprint density at radius 2 is 2.10 bits per heavy atom. The summed E-state index contributed by atoms with van der Waals surface area (Å²) in [7, 11) is 1.56. The average molecular weight is 289 g/mol. The first-order valence-corrected chi connectivity index (χ1v) is 6.67. The molecule has 3 N–H and O–H groups in total. The van der Waals surface area contributed by atoms with Crippen molar-refractivity contribution in [3.63, 3.8) is 0 Å². The Hall–Kier alpha value is -2.57. The number of methoxy groups -OCH3 is 1. The highest BCUT2D eigenvalue weighted by molar-refractivity contribution is 5.95. The van der Waals surface area contributed by atoms with E-state index in [0.29, 0.717) is 23.7 Å². The molecule has 0 aliphatic carbocycles. The maximum absolute atomic E-state index is 7.50. The average Bonchev–Trinajstić information content (AvgIpc) is 2.92. The highest BCUT2D eigenvalue weighted by Gasteiger charge is 2.08. The summed E-state index contributed by atoms with van der Waals surface area (Å²) in [5.41, 5.74) is 6.06. The fraction of sp³-hybridized carbons (Fsp3) is 0.357. The SMILES string of the molecule is CCCn1ncnc1COc1cc(OC)cc(C(=N)N)c1. The molecule has 7 nitrogen and oxygen atoms in total. The maximum atomic E-state index is 7.50. The summed E-state index contributed by atoms with van der Waals surface area (Å²) in [5, 5.41) is 11.6. The van der Waals surface area contributed by atoms with Crippen molar-refractivity contribution < 1.29 is 9.47 Å². The number of benzene rings is 1. The van der Waals surface area contributed by atoms with Crippen molar-refractivity contribution in [1.82, 2.24) is 14.8 Å². The van der Waals surface area contributed by atoms with Crippen LogP contribution in [0.5, 0.6) is 11.5 Å². The second kappa shape index (κ2) is 6.74. The summed E-state index contributed by atoms with van der Waals surface area (Å²) < 4.78 is 12.7. The van der Waals surface area contributed by atoms with E-state index in [1.54, 1.807) is 25.3 Å². The fourth-order valence-corrected chi connectivity index (χ4v) is 1.87. The molecule has 112 valence electrons. The van der Waals surface area contributed by atoms with Gasteiger partial charge in [0, 0.05) is 18.2 Å². The Labute approximate surface area is 123 Å². The van der Waals surface area contributed by atoms with Crippen LogP contribution in [0.25, 0.3) is 0 Å². The van der Waals surface area contributed by atoms with E-state index in [1.807, 2.05) is 4.68 Å². The highest BCUT2D eigenvalue weighted by Crippen LogP contribution is 2.23. The molecule has 0 amide bonds. The van der Waals surface area contributed by atoms with Gasteiger partial charge in [0.1, 0.15) is 30.3 Å². The molecule has 2 aromatic rings. The number of nitrogens with two attached hydrogens (primary N) is 1. The molecule has 0 saturated carbocycles. The van der Waals surface area contributed by atoms with E-state index in [1.165, 1.54) is 6.33 Å². The number of nitrogen functional groups attached to an aromatic ring is 1. The topological polar surface area (TPSA) is 99.0 Å². The standard InChI is InChI=1S/C14H19N5O2/c1-3-4-19-13(17-9-18-19)8-21-12-6-10(14(15)16)5-11(7-12)20-2/h5-7,9H,3-4,8H2,1-2H3,(H3,15,16). The molecule has 21 heavy (non-hydrogen) atoms. The summed E-state index contributed by atoms with van der Waals surface area (Å²) in [6.07, 6.45) is 2.49. The van der Waals surface area contributed by atoms with E-state index in [2.05, 4.69) is 17.0 Å². The molecule has 0 bridgehead atoms. The Morgan fingerprint density at radius 1 is 1.33 bits per heavy atom. The van der Waals surface area contributed by atoms with Gasteiger partial charge in [-0.25, -0.2) is 9.67 Å². The minimum atomic E-state index is -0.0344. The number of amidine groups is 1. The van der Waals surface area contributed by atoms with Gasteiger partial charge in [0.15, 0.2) is 5.82 Å². The lowest BCUT2D eigenvalue weighted by Crippen LogP contribution is -2.12. The Bertz CT molecular complexity index is 624. The Balaban J connectivity index is 2.13. The molecule has 7 heteroatoms. The van der Waals surface area contributed by atoms with Gasteiger partial charge in [0.25, 0.3) is 0 Å². The fourth-order valence-electron chi connectivity index (χ4n) is 1.87. The maximum Gasteiger partial charge on any atom is 0.164 e. The zero-order valence-electron chi connectivity index (χ0n) is 12.2. The minimum absolute atomic E-state index is 0.0344. The molecule has 1 heterocycles. The molecule has 0 aliphatic rings. The number of hydrogen-bond donors (Lipinski definition) is 2. The Kier molecular flexibility index (Phi) is 4.76. The normalized spacial score (nSPS) is 10.4. The van der Waals surface area contributed by atoms with Gasteiger partial charge in [-0.2, -0.15) is 5.10 Å². The number of aromatic nitrogens is 3. The van der Waals surface area contributed by atoms with Crippen molar-refractivity contribution in [2.24, 2.45) is 5.73 Å². The van der Waals surface area contributed by atoms with Crippen LogP contribution in [0.4, 0.5) is 0 Å². The van der Waals surface area contributed by atoms with Crippen molar-refractivity contribution in [3.05, 3.63) is 35.9 Å². The second-order valence-corrected chi connectivity index (χ2v) is 4.50. The van der Waals surface area contributed by atoms with Crippen LogP contribution in [0.2, 0.25) is 0 Å². The van der Waals surface area contributed by atoms with Crippen molar-refractivity contribution in [3.8, 4) is 11.5 Å². The first-order chi connectivity index (χ1) is 10.1. The first-order valence-electron chi connectivity index (χ1n) is 6.67. The van der Waals surface area contributed by atoms with Crippen molar-refractivity contribution >= 4 is 5.84 Å². The molecule has 0 unspecified atom stereocenters. The third-order valence-electron chi connectivity index (χ3n) is 2.93. The van der Waals surface area contributed by atoms with Crippen LogP contribution in [-0.2, 0) is 13.2 Å². The molecule has 1 aromatic heterocycles. The van der Waals surface area contributed by atoms with Crippen LogP contribution in [0, 0.1) is 5.41 Å². The lowest BCUT2D eigenvalue weighted by Gasteiger charge is -2.10. The number of aryl methyl sites for hydroxylation is 1. The van der Waals surface area contributed by atoms with Gasteiger partial charge in [-0.3, -0.25) is 5.41 Å². The van der Waals surface area contributed by atoms with Crippen molar-refractivity contribution in [1.29, 1.82) is 5.41 Å². The van der Waals surface area contributed by atoms with Gasteiger partial charge >= 0.3 is 0 Å². The second-order valence-electron chi connectivity index (χ2n) is 4.50. The van der Waals surface area contributed by atoms with Gasteiger partial charge in [-0.05, 0) is 18.6 Å². The number of ether oxygens (including phenoxy) is 2. The molecule has 1 aromatic carbocycles. The van der Waals surface area contributed by atoms with Crippen LogP contribution < -0.4 is 15.2 Å². The predicted molar refractivity (Wildman–Crippen MR) is 78.7 cm³/mol. The molecule has 0 radical (unpaired) electrons. The number of hydrogen-bond acceptors (Lipinski definition) is 5. The lowest BCUT2D eigenvalue weighted by molar-refractivity contribution is 0.284. The molecular weight excluding hydrogens is 270 g/mol. The number of rotatable bonds is 7. The number of nitrogens with one attached hydrogen (secondary N) is 1. The molecule has 0 spiro atoms. The van der Waals surface area contributed by atoms with E-state index < -0.39 is 0 Å². The highest BCUT2D eigenvalue weighted by atomic mass is 16.5. The molecule has 0 saturated heterocycles. The van der Waals surface area contributed by atoms with Crippen LogP contribution in [0.15, 0.2) is 24.5 Å². The monoisotopic (exact) mass is 289 g/mol. The van der Waals surface area contributed by atoms with E-state index in [0.717, 1.165) is 18.8 Å². The molecule has 2 rings (SSSR count). The first kappa shape index (κ1) is 14.8. The van der Waals surface area contributed by atoms with Gasteiger partial charge in [0.2, 0.25) is 0 Å². The van der Waals surface area contributed by atoms with Crippen LogP contribution in [0.3, 0.4) is 0 Å². The summed E-state index contributed by atoms with van der Waals surface area (Å²) in [5.74, 6) is 1.88. The van der Waals surface area contributed by atoms with Crippen LogP contribution in [-0.4, -0.2) is 27.7 Å². The molecule has 0 fully saturated rings. The molecule has 0 atom stereocenters. The zero-order chi connectivity index (χ0) is 15.2. The Morgan fingerprint density at radius 3 is 2.76 bits per heavy atom. The van der Waals surface area contributed by atoms with E-state index >= 15 is 0 Å². The molecule has 0 aliphatic heterocycles. The summed E-state index contributed by atoms with van der Waals surface area (Å²) >= 11 is 0. The van der Waals surface area contributed by atoms with Gasteiger partial charge in [-0.1, -0.05) is 6.92 Å². The van der Waals surface area contributed by atoms with Gasteiger partial charge in [0.05, 0.1) is 7.11 Å². The van der Waals surface area contributed by atoms with Crippen molar-refractivity contribution in [2.45, 2.75) is 26.5 Å². The lowest BCUT2D eigenvalue weighted by atomic mass is 10.2. The summed E-state index contributed by atoms with van der Waals surface area (Å²) in [6.45, 7) is 3.17. The predicted octanol–water partition coefficient (Wildman–Crippen LogP) is 1.56. The summed E-state index contributed by atoms with van der Waals surface area (Å²) in [6, 6.07) is 5.13. The van der Waals surface area contributed by atoms with Crippen LogP contribution in [0.1, 0.15) is 24.7 Å². The molecular formula is C14H19N5O2. The largest absolute Gasteiger partial charge is 0.497 e. The van der Waals surface area contributed by atoms with E-state index in [-0.39, 0.29) is 5.84 Å². The number of nitrogens with zero attached hydrogens (tertiary/aromatic N) is 3. The summed E-state index contributed by atoms with van der Waals surface area (Å²) in [4.78, 5) is 4.18. The van der Waals surface area contributed by atoms with E-state index in [9.17, 15) is 0 Å². The van der Waals surface area contributed by atoms with Gasteiger partial charge in [-0.15, -0.1) is 0 Å². The van der Waals surface area contributed by atoms with Crippen LogP contribution >= 0.6 is 0 Å². The third-order valence-corrected chi connectivity index (χ3v) is 2.93. The smallest absolute Gasteiger partial charge is 0.164 e. The van der Waals surface area contributed by atoms with Gasteiger partial charge < -0.3 is 15.2 Å². The zero-order valence-corrected chi connectivity index (χ0v) is 12.2.